The second-order valence-electron chi connectivity index (χ2n) is 6.33. The van der Waals surface area contributed by atoms with E-state index in [1.165, 1.54) is 14.0 Å². The number of methoxy groups -OCH3 is 1. The van der Waals surface area contributed by atoms with Gasteiger partial charge >= 0.3 is 5.97 Å². The highest BCUT2D eigenvalue weighted by Gasteiger charge is 2.20. The van der Waals surface area contributed by atoms with Gasteiger partial charge in [0.05, 0.1) is 40.8 Å². The first-order valence-corrected chi connectivity index (χ1v) is 8.79. The molecule has 144 valence electrons. The number of esters is 1. The Bertz CT molecular complexity index is 1050. The summed E-state index contributed by atoms with van der Waals surface area (Å²) in [6.07, 6.45) is -0.987. The van der Waals surface area contributed by atoms with E-state index in [-0.39, 0.29) is 0 Å². The number of benzene rings is 2. The Morgan fingerprint density at radius 1 is 1.00 bits per heavy atom. The van der Waals surface area contributed by atoms with Crippen molar-refractivity contribution in [2.45, 2.75) is 26.9 Å². The van der Waals surface area contributed by atoms with Crippen molar-refractivity contribution < 1.29 is 19.1 Å². The molecule has 1 aromatic heterocycles. The number of anilines is 1. The third-order valence-corrected chi connectivity index (χ3v) is 4.33. The predicted molar refractivity (Wildman–Crippen MR) is 106 cm³/mol. The Morgan fingerprint density at radius 2 is 1.68 bits per heavy atom. The van der Waals surface area contributed by atoms with Crippen molar-refractivity contribution in [2.24, 2.45) is 0 Å². The summed E-state index contributed by atoms with van der Waals surface area (Å²) in [6, 6.07) is 11.9. The Balaban J connectivity index is 1.72. The lowest BCUT2D eigenvalue weighted by atomic mass is 10.2. The first-order valence-electron chi connectivity index (χ1n) is 8.79. The highest BCUT2D eigenvalue weighted by atomic mass is 16.5. The van der Waals surface area contributed by atoms with Gasteiger partial charge in [-0.25, -0.2) is 14.8 Å². The number of amides is 1. The maximum atomic E-state index is 12.5. The average Bonchev–Trinajstić information content (AvgIpc) is 2.68. The number of para-hydroxylation sites is 2. The molecule has 0 aliphatic carbocycles. The molecule has 28 heavy (non-hydrogen) atoms. The highest BCUT2D eigenvalue weighted by Crippen LogP contribution is 2.23. The van der Waals surface area contributed by atoms with Crippen molar-refractivity contribution >= 4 is 28.6 Å². The molecule has 1 amide bonds. The Hall–Kier alpha value is -3.48. The molecule has 0 bridgehead atoms. The molecule has 7 nitrogen and oxygen atoms in total. The number of nitrogens with zero attached hydrogens (tertiary/aromatic N) is 2. The summed E-state index contributed by atoms with van der Waals surface area (Å²) in [6.45, 7) is 5.25. The second-order valence-corrected chi connectivity index (χ2v) is 6.33. The summed E-state index contributed by atoms with van der Waals surface area (Å²) in [7, 11) is 1.51. The van der Waals surface area contributed by atoms with E-state index in [4.69, 9.17) is 9.47 Å². The quantitative estimate of drug-likeness (QED) is 0.683. The van der Waals surface area contributed by atoms with Gasteiger partial charge in [0.25, 0.3) is 5.91 Å². The maximum absolute atomic E-state index is 12.5. The summed E-state index contributed by atoms with van der Waals surface area (Å²) in [5.41, 5.74) is 3.74. The van der Waals surface area contributed by atoms with Crippen LogP contribution in [0.5, 0.6) is 5.75 Å². The maximum Gasteiger partial charge on any atom is 0.338 e. The Kier molecular flexibility index (Phi) is 5.54. The van der Waals surface area contributed by atoms with Gasteiger partial charge in [0.1, 0.15) is 5.75 Å². The fraction of sp³-hybridized carbons (Fsp3) is 0.238. The number of hydrogen-bond donors (Lipinski definition) is 1. The number of aryl methyl sites for hydroxylation is 2. The van der Waals surface area contributed by atoms with E-state index in [0.29, 0.717) is 28.0 Å². The van der Waals surface area contributed by atoms with Crippen molar-refractivity contribution in [3.8, 4) is 5.75 Å². The van der Waals surface area contributed by atoms with Gasteiger partial charge in [-0.1, -0.05) is 12.1 Å². The van der Waals surface area contributed by atoms with E-state index in [0.717, 1.165) is 11.4 Å². The van der Waals surface area contributed by atoms with Gasteiger partial charge in [0, 0.05) is 0 Å². The first kappa shape index (κ1) is 19.3. The number of nitrogens with one attached hydrogen (secondary N) is 1. The van der Waals surface area contributed by atoms with Gasteiger partial charge < -0.3 is 14.8 Å². The normalized spacial score (nSPS) is 11.7. The molecule has 3 aromatic rings. The van der Waals surface area contributed by atoms with Crippen LogP contribution >= 0.6 is 0 Å². The standard InChI is InChI=1S/C21H21N3O4/c1-12-13(2)23-18-11-15(9-10-16(18)22-12)21(26)28-14(3)20(25)24-17-7-5-6-8-19(17)27-4/h5-11,14H,1-4H3,(H,24,25)/t14-/m0/s1. The molecule has 1 heterocycles. The van der Waals surface area contributed by atoms with Crippen LogP contribution in [0.4, 0.5) is 5.69 Å². The van der Waals surface area contributed by atoms with Gasteiger partial charge in [-0.15, -0.1) is 0 Å². The largest absolute Gasteiger partial charge is 0.495 e. The van der Waals surface area contributed by atoms with Gasteiger partial charge in [-0.05, 0) is 51.1 Å². The molecular formula is C21H21N3O4. The average molecular weight is 379 g/mol. The monoisotopic (exact) mass is 379 g/mol. The molecule has 0 aliphatic heterocycles. The highest BCUT2D eigenvalue weighted by molar-refractivity contribution is 5.99. The van der Waals surface area contributed by atoms with E-state index in [9.17, 15) is 9.59 Å². The van der Waals surface area contributed by atoms with Crippen molar-refractivity contribution in [3.63, 3.8) is 0 Å². The zero-order chi connectivity index (χ0) is 20.3. The Labute approximate surface area is 162 Å². The van der Waals surface area contributed by atoms with Gasteiger partial charge in [-0.2, -0.15) is 0 Å². The van der Waals surface area contributed by atoms with Crippen LogP contribution in [0.1, 0.15) is 28.7 Å². The third-order valence-electron chi connectivity index (χ3n) is 4.33. The van der Waals surface area contributed by atoms with E-state index in [2.05, 4.69) is 15.3 Å². The molecule has 1 N–H and O–H groups in total. The zero-order valence-corrected chi connectivity index (χ0v) is 16.1. The van der Waals surface area contributed by atoms with E-state index < -0.39 is 18.0 Å². The van der Waals surface area contributed by atoms with Crippen LogP contribution in [0.3, 0.4) is 0 Å². The molecule has 0 saturated carbocycles. The molecule has 0 unspecified atom stereocenters. The number of aromatic nitrogens is 2. The summed E-state index contributed by atoms with van der Waals surface area (Å²) >= 11 is 0. The van der Waals surface area contributed by atoms with Crippen LogP contribution in [-0.2, 0) is 9.53 Å². The smallest absolute Gasteiger partial charge is 0.338 e. The number of ether oxygens (including phenoxy) is 2. The van der Waals surface area contributed by atoms with Crippen LogP contribution < -0.4 is 10.1 Å². The molecule has 7 heteroatoms. The predicted octanol–water partition coefficient (Wildman–Crippen LogP) is 3.44. The minimum absolute atomic E-state index is 0.307. The third kappa shape index (κ3) is 4.09. The Morgan fingerprint density at radius 3 is 2.39 bits per heavy atom. The molecule has 0 radical (unpaired) electrons. The lowest BCUT2D eigenvalue weighted by molar-refractivity contribution is -0.123. The zero-order valence-electron chi connectivity index (χ0n) is 16.1. The number of carbonyl (C=O) groups is 2. The van der Waals surface area contributed by atoms with Crippen molar-refractivity contribution in [3.05, 3.63) is 59.4 Å². The summed E-state index contributed by atoms with van der Waals surface area (Å²) < 4.78 is 10.5. The van der Waals surface area contributed by atoms with Crippen LogP contribution in [0, 0.1) is 13.8 Å². The summed E-state index contributed by atoms with van der Waals surface area (Å²) in [5, 5.41) is 2.70. The van der Waals surface area contributed by atoms with E-state index in [1.54, 1.807) is 42.5 Å². The molecule has 0 spiro atoms. The second kappa shape index (κ2) is 8.04. The number of hydrogen-bond acceptors (Lipinski definition) is 6. The van der Waals surface area contributed by atoms with Gasteiger partial charge in [0.15, 0.2) is 6.10 Å². The van der Waals surface area contributed by atoms with E-state index >= 15 is 0 Å². The van der Waals surface area contributed by atoms with Crippen LogP contribution in [0.2, 0.25) is 0 Å². The topological polar surface area (TPSA) is 90.4 Å². The van der Waals surface area contributed by atoms with Gasteiger partial charge in [-0.3, -0.25) is 4.79 Å². The molecule has 0 fully saturated rings. The molecular weight excluding hydrogens is 358 g/mol. The SMILES string of the molecule is COc1ccccc1NC(=O)[C@H](C)OC(=O)c1ccc2nc(C)c(C)nc2c1. The molecule has 2 aromatic carbocycles. The first-order chi connectivity index (χ1) is 13.4. The fourth-order valence-electron chi connectivity index (χ4n) is 2.62. The number of carbonyl (C=O) groups excluding carboxylic acids is 2. The lowest BCUT2D eigenvalue weighted by Gasteiger charge is -2.15. The van der Waals surface area contributed by atoms with Crippen LogP contribution in [0.25, 0.3) is 11.0 Å². The molecule has 3 rings (SSSR count). The van der Waals surface area contributed by atoms with Crippen LogP contribution in [0.15, 0.2) is 42.5 Å². The summed E-state index contributed by atoms with van der Waals surface area (Å²) in [4.78, 5) is 33.7. The minimum atomic E-state index is -0.987. The molecule has 1 atom stereocenters. The van der Waals surface area contributed by atoms with Gasteiger partial charge in [0.2, 0.25) is 0 Å². The fourth-order valence-corrected chi connectivity index (χ4v) is 2.62. The van der Waals surface area contributed by atoms with Crippen LogP contribution in [-0.4, -0.2) is 35.1 Å². The van der Waals surface area contributed by atoms with Crippen molar-refractivity contribution in [1.29, 1.82) is 0 Å². The summed E-state index contributed by atoms with van der Waals surface area (Å²) in [5.74, 6) is -0.539. The molecule has 0 saturated heterocycles. The molecule has 0 aliphatic rings. The van der Waals surface area contributed by atoms with E-state index in [1.807, 2.05) is 13.8 Å². The van der Waals surface area contributed by atoms with Crippen molar-refractivity contribution in [2.75, 3.05) is 12.4 Å². The minimum Gasteiger partial charge on any atom is -0.495 e. The number of fused-ring (bicyclic) bond motifs is 1. The van der Waals surface area contributed by atoms with Crippen molar-refractivity contribution in [1.82, 2.24) is 9.97 Å². The lowest BCUT2D eigenvalue weighted by Crippen LogP contribution is -2.30. The number of rotatable bonds is 5.